The van der Waals surface area contributed by atoms with Crippen LogP contribution >= 0.6 is 11.3 Å². The summed E-state index contributed by atoms with van der Waals surface area (Å²) in [5.41, 5.74) is 1.06. The summed E-state index contributed by atoms with van der Waals surface area (Å²) >= 11 is 1.60. The van der Waals surface area contributed by atoms with Gasteiger partial charge in [0.15, 0.2) is 9.84 Å². The van der Waals surface area contributed by atoms with Crippen molar-refractivity contribution in [2.45, 2.75) is 24.7 Å². The fraction of sp³-hybridized carbons (Fsp3) is 0.357. The molecule has 0 aliphatic rings. The molecule has 1 heterocycles. The Labute approximate surface area is 138 Å². The van der Waals surface area contributed by atoms with Gasteiger partial charge in [-0.1, -0.05) is 6.92 Å². The summed E-state index contributed by atoms with van der Waals surface area (Å²) in [6.45, 7) is 2.53. The van der Waals surface area contributed by atoms with Gasteiger partial charge < -0.3 is 5.32 Å². The van der Waals surface area contributed by atoms with Crippen LogP contribution in [0.15, 0.2) is 28.5 Å². The van der Waals surface area contributed by atoms with Crippen molar-refractivity contribution >= 4 is 32.5 Å². The summed E-state index contributed by atoms with van der Waals surface area (Å²) < 4.78 is 23.7. The predicted octanol–water partition coefficient (Wildman–Crippen LogP) is 2.67. The van der Waals surface area contributed by atoms with E-state index in [1.54, 1.807) is 11.3 Å². The lowest BCUT2D eigenvalue weighted by Gasteiger charge is -2.10. The van der Waals surface area contributed by atoms with Crippen LogP contribution in [0.1, 0.15) is 17.6 Å². The maximum Gasteiger partial charge on any atom is 0.270 e. The van der Waals surface area contributed by atoms with E-state index in [1.807, 2.05) is 12.3 Å². The fourth-order valence-corrected chi connectivity index (χ4v) is 3.68. The molecule has 1 aromatic heterocycles. The largest absolute Gasteiger partial charge is 0.384 e. The van der Waals surface area contributed by atoms with Crippen molar-refractivity contribution < 1.29 is 13.3 Å². The van der Waals surface area contributed by atoms with Crippen LogP contribution < -0.4 is 5.32 Å². The molecule has 23 heavy (non-hydrogen) atoms. The minimum atomic E-state index is -3.56. The number of nitro benzene ring substituents is 1. The highest BCUT2D eigenvalue weighted by molar-refractivity contribution is 7.90. The Hall–Kier alpha value is -2.00. The number of sulfone groups is 1. The number of aromatic nitrogens is 1. The topological polar surface area (TPSA) is 102 Å². The minimum absolute atomic E-state index is 0.0702. The Morgan fingerprint density at radius 2 is 2.13 bits per heavy atom. The Bertz CT molecular complexity index is 815. The molecular weight excluding hydrogens is 338 g/mol. The molecule has 7 nitrogen and oxygen atoms in total. The first-order chi connectivity index (χ1) is 10.8. The number of aryl methyl sites for hydroxylation is 1. The number of hydrogen-bond donors (Lipinski definition) is 1. The summed E-state index contributed by atoms with van der Waals surface area (Å²) in [6, 6.07) is 3.79. The van der Waals surface area contributed by atoms with Crippen LogP contribution in [-0.2, 0) is 22.7 Å². The average molecular weight is 355 g/mol. The van der Waals surface area contributed by atoms with E-state index in [-0.39, 0.29) is 10.6 Å². The quantitative estimate of drug-likeness (QED) is 0.605. The van der Waals surface area contributed by atoms with Gasteiger partial charge in [0, 0.05) is 36.7 Å². The number of nitro groups is 1. The molecule has 0 aliphatic carbocycles. The minimum Gasteiger partial charge on any atom is -0.384 e. The maximum absolute atomic E-state index is 11.8. The van der Waals surface area contributed by atoms with Gasteiger partial charge in [-0.3, -0.25) is 10.1 Å². The lowest BCUT2D eigenvalue weighted by atomic mass is 10.2. The Kier molecular flexibility index (Phi) is 5.32. The number of rotatable bonds is 7. The third kappa shape index (κ3) is 4.49. The van der Waals surface area contributed by atoms with E-state index < -0.39 is 14.8 Å². The van der Waals surface area contributed by atoms with Gasteiger partial charge in [0.1, 0.15) is 0 Å². The average Bonchev–Trinajstić information content (AvgIpc) is 2.94. The first kappa shape index (κ1) is 17.4. The van der Waals surface area contributed by atoms with Crippen LogP contribution in [-0.4, -0.2) is 31.1 Å². The highest BCUT2D eigenvalue weighted by Crippen LogP contribution is 2.26. The van der Waals surface area contributed by atoms with Crippen LogP contribution in [0.4, 0.5) is 11.4 Å². The predicted molar refractivity (Wildman–Crippen MR) is 89.9 cm³/mol. The van der Waals surface area contributed by atoms with Gasteiger partial charge in [-0.15, -0.1) is 11.3 Å². The van der Waals surface area contributed by atoms with E-state index in [4.69, 9.17) is 0 Å². The molecule has 0 fully saturated rings. The normalized spacial score (nSPS) is 11.4. The van der Waals surface area contributed by atoms with Crippen LogP contribution in [0.5, 0.6) is 0 Å². The fourth-order valence-electron chi connectivity index (χ4n) is 2.03. The van der Waals surface area contributed by atoms with E-state index in [0.29, 0.717) is 18.7 Å². The smallest absolute Gasteiger partial charge is 0.270 e. The summed E-state index contributed by atoms with van der Waals surface area (Å²) in [5.74, 6) is 0. The number of nitrogens with one attached hydrogen (secondary N) is 1. The van der Waals surface area contributed by atoms with Crippen molar-refractivity contribution in [3.8, 4) is 0 Å². The highest BCUT2D eigenvalue weighted by atomic mass is 32.2. The lowest BCUT2D eigenvalue weighted by Crippen LogP contribution is -2.10. The third-order valence-corrected chi connectivity index (χ3v) is 5.35. The van der Waals surface area contributed by atoms with E-state index in [2.05, 4.69) is 10.3 Å². The molecule has 0 saturated heterocycles. The number of non-ortho nitro benzene ring substituents is 1. The van der Waals surface area contributed by atoms with Crippen LogP contribution in [0.2, 0.25) is 0 Å². The van der Waals surface area contributed by atoms with E-state index >= 15 is 0 Å². The molecule has 2 rings (SSSR count). The van der Waals surface area contributed by atoms with Crippen molar-refractivity contribution in [1.29, 1.82) is 0 Å². The number of hydrogen-bond acceptors (Lipinski definition) is 7. The van der Waals surface area contributed by atoms with Crippen LogP contribution in [0.25, 0.3) is 0 Å². The molecule has 0 unspecified atom stereocenters. The molecule has 0 radical (unpaired) electrons. The second kappa shape index (κ2) is 7.05. The lowest BCUT2D eigenvalue weighted by molar-refractivity contribution is -0.385. The molecule has 2 aromatic rings. The van der Waals surface area contributed by atoms with Gasteiger partial charge in [0.05, 0.1) is 26.2 Å². The van der Waals surface area contributed by atoms with Crippen molar-refractivity contribution in [2.24, 2.45) is 0 Å². The monoisotopic (exact) mass is 355 g/mol. The van der Waals surface area contributed by atoms with Gasteiger partial charge in [-0.05, 0) is 12.5 Å². The first-order valence-electron chi connectivity index (χ1n) is 6.97. The zero-order valence-electron chi connectivity index (χ0n) is 12.8. The molecule has 1 aromatic carbocycles. The zero-order valence-corrected chi connectivity index (χ0v) is 14.4. The summed E-state index contributed by atoms with van der Waals surface area (Å²) in [7, 11) is -3.56. The van der Waals surface area contributed by atoms with E-state index in [0.717, 1.165) is 29.4 Å². The SMILES string of the molecule is CCc1nc(CCNc2ccc([N+](=O)[O-])cc2S(C)(=O)=O)cs1. The van der Waals surface area contributed by atoms with Crippen LogP contribution in [0, 0.1) is 10.1 Å². The number of thiazole rings is 1. The van der Waals surface area contributed by atoms with Gasteiger partial charge >= 0.3 is 0 Å². The van der Waals surface area contributed by atoms with Crippen molar-refractivity contribution in [2.75, 3.05) is 18.1 Å². The Morgan fingerprint density at radius 1 is 1.39 bits per heavy atom. The second-order valence-electron chi connectivity index (χ2n) is 4.97. The van der Waals surface area contributed by atoms with Crippen molar-refractivity contribution in [1.82, 2.24) is 4.98 Å². The number of nitrogens with zero attached hydrogens (tertiary/aromatic N) is 2. The Balaban J connectivity index is 2.14. The standard InChI is InChI=1S/C14H17N3O4S2/c1-3-14-16-10(9-22-14)6-7-15-12-5-4-11(17(18)19)8-13(12)23(2,20)21/h4-5,8-9,15H,3,6-7H2,1-2H3. The molecular formula is C14H17N3O4S2. The van der Waals surface area contributed by atoms with Gasteiger partial charge in [0.25, 0.3) is 5.69 Å². The molecule has 0 saturated carbocycles. The maximum atomic E-state index is 11.8. The molecule has 0 aliphatic heterocycles. The number of benzene rings is 1. The number of anilines is 1. The molecule has 124 valence electrons. The summed E-state index contributed by atoms with van der Waals surface area (Å²) in [6.07, 6.45) is 2.57. The second-order valence-corrected chi connectivity index (χ2v) is 7.90. The first-order valence-corrected chi connectivity index (χ1v) is 9.74. The highest BCUT2D eigenvalue weighted by Gasteiger charge is 2.18. The molecule has 0 atom stereocenters. The van der Waals surface area contributed by atoms with Crippen molar-refractivity contribution in [3.63, 3.8) is 0 Å². The van der Waals surface area contributed by atoms with E-state index in [9.17, 15) is 18.5 Å². The Morgan fingerprint density at radius 3 is 2.70 bits per heavy atom. The van der Waals surface area contributed by atoms with Gasteiger partial charge in [-0.2, -0.15) is 0 Å². The van der Waals surface area contributed by atoms with Gasteiger partial charge in [-0.25, -0.2) is 13.4 Å². The molecule has 0 bridgehead atoms. The zero-order chi connectivity index (χ0) is 17.0. The van der Waals surface area contributed by atoms with Crippen LogP contribution in [0.3, 0.4) is 0 Å². The summed E-state index contributed by atoms with van der Waals surface area (Å²) in [4.78, 5) is 14.6. The molecule has 0 amide bonds. The van der Waals surface area contributed by atoms with E-state index in [1.165, 1.54) is 12.1 Å². The third-order valence-electron chi connectivity index (χ3n) is 3.17. The molecule has 0 spiro atoms. The van der Waals surface area contributed by atoms with Crippen molar-refractivity contribution in [3.05, 3.63) is 44.4 Å². The molecule has 9 heteroatoms. The summed E-state index contributed by atoms with van der Waals surface area (Å²) in [5, 5.41) is 16.9. The molecule has 1 N–H and O–H groups in total. The van der Waals surface area contributed by atoms with Gasteiger partial charge in [0.2, 0.25) is 0 Å².